The van der Waals surface area contributed by atoms with Crippen molar-refractivity contribution in [2.24, 2.45) is 23.7 Å². The molecule has 0 aromatic rings. The fourth-order valence-electron chi connectivity index (χ4n) is 2.74. The van der Waals surface area contributed by atoms with Gasteiger partial charge in [-0.2, -0.15) is 0 Å². The first kappa shape index (κ1) is 21.7. The van der Waals surface area contributed by atoms with Gasteiger partial charge in [0, 0.05) is 25.4 Å². The van der Waals surface area contributed by atoms with Gasteiger partial charge in [0.15, 0.2) is 0 Å². The van der Waals surface area contributed by atoms with E-state index in [1.165, 1.54) is 0 Å². The average Bonchev–Trinajstić information content (AvgIpc) is 3.00. The molecule has 2 aliphatic carbocycles. The molecule has 0 unspecified atom stereocenters. The minimum absolute atomic E-state index is 0.0718. The molecular weight excluding hydrogens is 344 g/mol. The highest BCUT2D eigenvalue weighted by Gasteiger charge is 2.50. The maximum atomic E-state index is 10.6. The SMILES string of the molecule is C=C.O=C1C=CC(=O)O1.O=C1OC(=O)[C@@H]2CC[C@H]12.OC[C@@H]1CC[C@@H]1CO. The minimum Gasteiger partial charge on any atom is -0.396 e. The third-order valence-electron chi connectivity index (χ3n) is 4.68. The Hall–Kier alpha value is -2.32. The Morgan fingerprint density at radius 3 is 1.31 bits per heavy atom. The summed E-state index contributed by atoms with van der Waals surface area (Å²) in [7, 11) is 0. The van der Waals surface area contributed by atoms with Crippen LogP contribution < -0.4 is 0 Å². The van der Waals surface area contributed by atoms with Gasteiger partial charge in [-0.15, -0.1) is 13.2 Å². The zero-order valence-electron chi connectivity index (χ0n) is 14.5. The number of esters is 4. The molecule has 0 aromatic carbocycles. The summed E-state index contributed by atoms with van der Waals surface area (Å²) in [5.41, 5.74) is 0. The van der Waals surface area contributed by atoms with Gasteiger partial charge in [0.1, 0.15) is 0 Å². The number of carbonyl (C=O) groups is 4. The van der Waals surface area contributed by atoms with Gasteiger partial charge in [-0.1, -0.05) is 0 Å². The summed E-state index contributed by atoms with van der Waals surface area (Å²) in [5, 5.41) is 17.2. The standard InChI is InChI=1S/C6H6O3.C6H12O2.C4H2O3.C2H4/c7-5-3-1-2-4(3)6(8)9-5;7-3-5-1-2-6(5)4-8;5-3-1-2-4(6)7-3;1-2/h3-4H,1-2H2;5-8H,1-4H2;1-2H;1-2H2/t3-,4+;5-,6+;;. The number of hydrogen-bond acceptors (Lipinski definition) is 8. The molecule has 2 heterocycles. The van der Waals surface area contributed by atoms with Crippen LogP contribution in [0.25, 0.3) is 0 Å². The first-order valence-corrected chi connectivity index (χ1v) is 8.37. The molecule has 2 saturated carbocycles. The third kappa shape index (κ3) is 5.60. The Labute approximate surface area is 151 Å². The van der Waals surface area contributed by atoms with Crippen molar-refractivity contribution in [2.45, 2.75) is 25.7 Å². The van der Waals surface area contributed by atoms with Crippen molar-refractivity contribution in [1.82, 2.24) is 0 Å². The predicted molar refractivity (Wildman–Crippen MR) is 89.2 cm³/mol. The van der Waals surface area contributed by atoms with E-state index in [0.717, 1.165) is 37.8 Å². The number of aliphatic hydroxyl groups is 2. The lowest BCUT2D eigenvalue weighted by Gasteiger charge is -2.33. The van der Waals surface area contributed by atoms with E-state index in [1.54, 1.807) is 0 Å². The molecule has 3 fully saturated rings. The third-order valence-corrected chi connectivity index (χ3v) is 4.68. The van der Waals surface area contributed by atoms with Crippen LogP contribution in [0.3, 0.4) is 0 Å². The van der Waals surface area contributed by atoms with Crippen LogP contribution in [0.15, 0.2) is 25.3 Å². The van der Waals surface area contributed by atoms with Crippen LogP contribution >= 0.6 is 0 Å². The van der Waals surface area contributed by atoms with Crippen LogP contribution in [-0.4, -0.2) is 47.3 Å². The summed E-state index contributed by atoms with van der Waals surface area (Å²) in [6, 6.07) is 0. The molecule has 8 heteroatoms. The van der Waals surface area contributed by atoms with E-state index in [0.29, 0.717) is 11.8 Å². The number of rotatable bonds is 2. The van der Waals surface area contributed by atoms with Gasteiger partial charge in [-0.05, 0) is 37.5 Å². The van der Waals surface area contributed by atoms with Crippen LogP contribution in [-0.2, 0) is 28.7 Å². The average molecular weight is 368 g/mol. The predicted octanol–water partition coefficient (Wildman–Crippen LogP) is 0.521. The summed E-state index contributed by atoms with van der Waals surface area (Å²) in [6.07, 6.45) is 6.05. The number of fused-ring (bicyclic) bond motifs is 1. The van der Waals surface area contributed by atoms with Crippen LogP contribution in [0.2, 0.25) is 0 Å². The van der Waals surface area contributed by atoms with Crippen molar-refractivity contribution < 1.29 is 38.9 Å². The number of ether oxygens (including phenoxy) is 2. The molecule has 144 valence electrons. The van der Waals surface area contributed by atoms with E-state index >= 15 is 0 Å². The van der Waals surface area contributed by atoms with Crippen molar-refractivity contribution in [1.29, 1.82) is 0 Å². The smallest absolute Gasteiger partial charge is 0.338 e. The Kier molecular flexibility index (Phi) is 8.87. The molecule has 1 saturated heterocycles. The van der Waals surface area contributed by atoms with Crippen molar-refractivity contribution >= 4 is 23.9 Å². The monoisotopic (exact) mass is 368 g/mol. The zero-order chi connectivity index (χ0) is 19.7. The topological polar surface area (TPSA) is 127 Å². The van der Waals surface area contributed by atoms with Crippen molar-refractivity contribution in [3.63, 3.8) is 0 Å². The first-order valence-electron chi connectivity index (χ1n) is 8.37. The Balaban J connectivity index is 0.000000188. The lowest BCUT2D eigenvalue weighted by Crippen LogP contribution is -2.31. The van der Waals surface area contributed by atoms with Gasteiger partial charge < -0.3 is 19.7 Å². The number of hydrogen-bond donors (Lipinski definition) is 2. The largest absolute Gasteiger partial charge is 0.396 e. The summed E-state index contributed by atoms with van der Waals surface area (Å²) in [5.74, 6) is -1.11. The van der Waals surface area contributed by atoms with Crippen molar-refractivity contribution in [3.05, 3.63) is 25.3 Å². The van der Waals surface area contributed by atoms with Gasteiger partial charge >= 0.3 is 23.9 Å². The van der Waals surface area contributed by atoms with Gasteiger partial charge in [-0.3, -0.25) is 9.59 Å². The summed E-state index contributed by atoms with van der Waals surface area (Å²) in [4.78, 5) is 41.1. The molecule has 26 heavy (non-hydrogen) atoms. The molecule has 0 bridgehead atoms. The first-order chi connectivity index (χ1) is 12.5. The van der Waals surface area contributed by atoms with Crippen LogP contribution in [0.4, 0.5) is 0 Å². The van der Waals surface area contributed by atoms with Gasteiger partial charge in [0.2, 0.25) is 0 Å². The molecule has 4 rings (SSSR count). The molecule has 2 aliphatic heterocycles. The lowest BCUT2D eigenvalue weighted by atomic mass is 9.75. The molecule has 0 spiro atoms. The van der Waals surface area contributed by atoms with E-state index < -0.39 is 11.9 Å². The number of aliphatic hydroxyl groups excluding tert-OH is 2. The molecule has 4 aliphatic rings. The molecule has 4 atom stereocenters. The fraction of sp³-hybridized carbons (Fsp3) is 0.556. The second kappa shape index (κ2) is 10.6. The Morgan fingerprint density at radius 1 is 0.769 bits per heavy atom. The normalized spacial score (nSPS) is 29.9. The molecule has 0 aromatic heterocycles. The maximum absolute atomic E-state index is 10.6. The number of carbonyl (C=O) groups excluding carboxylic acids is 4. The highest BCUT2D eigenvalue weighted by atomic mass is 16.6. The van der Waals surface area contributed by atoms with E-state index in [2.05, 4.69) is 22.6 Å². The highest BCUT2D eigenvalue weighted by molar-refractivity contribution is 6.04. The highest BCUT2D eigenvalue weighted by Crippen LogP contribution is 2.40. The Bertz CT molecular complexity index is 518. The molecule has 0 amide bonds. The summed E-state index contributed by atoms with van der Waals surface area (Å²) < 4.78 is 8.34. The minimum atomic E-state index is -0.579. The van der Waals surface area contributed by atoms with E-state index in [9.17, 15) is 19.2 Å². The fourth-order valence-corrected chi connectivity index (χ4v) is 2.74. The Morgan fingerprint density at radius 2 is 1.15 bits per heavy atom. The van der Waals surface area contributed by atoms with Crippen LogP contribution in [0, 0.1) is 23.7 Å². The summed E-state index contributed by atoms with van der Waals surface area (Å²) in [6.45, 7) is 6.51. The van der Waals surface area contributed by atoms with Crippen LogP contribution in [0.1, 0.15) is 25.7 Å². The summed E-state index contributed by atoms with van der Waals surface area (Å²) >= 11 is 0. The van der Waals surface area contributed by atoms with E-state index in [1.807, 2.05) is 0 Å². The molecular formula is C18H24O8. The molecule has 2 N–H and O–H groups in total. The number of cyclic esters (lactones) is 4. The molecule has 8 nitrogen and oxygen atoms in total. The van der Waals surface area contributed by atoms with Gasteiger partial charge in [0.25, 0.3) is 0 Å². The maximum Gasteiger partial charge on any atom is 0.338 e. The second-order valence-electron chi connectivity index (χ2n) is 6.07. The van der Waals surface area contributed by atoms with Gasteiger partial charge in [-0.25, -0.2) is 9.59 Å². The van der Waals surface area contributed by atoms with Crippen LogP contribution in [0.5, 0.6) is 0 Å². The van der Waals surface area contributed by atoms with E-state index in [-0.39, 0.29) is 37.0 Å². The van der Waals surface area contributed by atoms with Crippen molar-refractivity contribution in [2.75, 3.05) is 13.2 Å². The van der Waals surface area contributed by atoms with Gasteiger partial charge in [0.05, 0.1) is 11.8 Å². The lowest BCUT2D eigenvalue weighted by molar-refractivity contribution is -0.154. The quantitative estimate of drug-likeness (QED) is 0.410. The van der Waals surface area contributed by atoms with Crippen molar-refractivity contribution in [3.8, 4) is 0 Å². The van der Waals surface area contributed by atoms with E-state index in [4.69, 9.17) is 10.2 Å². The molecule has 0 radical (unpaired) electrons. The zero-order valence-corrected chi connectivity index (χ0v) is 14.5. The second-order valence-corrected chi connectivity index (χ2v) is 6.07.